The number of aliphatic carboxylic acids is 1. The average Bonchev–Trinajstić information content (AvgIpc) is 3.01. The number of nitrogens with two attached hydrogens (primary N) is 1. The lowest BCUT2D eigenvalue weighted by Crippen LogP contribution is -2.15. The van der Waals surface area contributed by atoms with Crippen LogP contribution in [0.5, 0.6) is 5.75 Å². The summed E-state index contributed by atoms with van der Waals surface area (Å²) in [4.78, 5) is 23.1. The van der Waals surface area contributed by atoms with Gasteiger partial charge in [-0.25, -0.2) is 4.79 Å². The van der Waals surface area contributed by atoms with Gasteiger partial charge in [-0.05, 0) is 42.8 Å². The number of carboxylic acids is 1. The molecule has 1 atom stereocenters. The highest BCUT2D eigenvalue weighted by Gasteiger charge is 2.20. The topological polar surface area (TPSA) is 127 Å². The summed E-state index contributed by atoms with van der Waals surface area (Å²) < 4.78 is 10.5. The highest BCUT2D eigenvalue weighted by Crippen LogP contribution is 2.18. The van der Waals surface area contributed by atoms with Gasteiger partial charge in [0.25, 0.3) is 0 Å². The molecule has 0 spiro atoms. The molecule has 4 N–H and O–H groups in total. The number of rotatable bonds is 7. The second-order valence-electron chi connectivity index (χ2n) is 5.24. The zero-order chi connectivity index (χ0) is 17.7. The largest absolute Gasteiger partial charge is 0.481 e. The van der Waals surface area contributed by atoms with Crippen molar-refractivity contribution in [1.82, 2.24) is 0 Å². The Balaban J connectivity index is 2.02. The smallest absolute Gasteiger partial charge is 0.379 e. The van der Waals surface area contributed by atoms with Gasteiger partial charge in [0.15, 0.2) is 0 Å². The van der Waals surface area contributed by atoms with E-state index < -0.39 is 17.9 Å². The van der Waals surface area contributed by atoms with Crippen LogP contribution in [0.3, 0.4) is 0 Å². The van der Waals surface area contributed by atoms with Crippen LogP contribution < -0.4 is 10.5 Å². The maximum absolute atomic E-state index is 12.0. The van der Waals surface area contributed by atoms with Gasteiger partial charge in [-0.1, -0.05) is 6.92 Å². The third-order valence-electron chi connectivity index (χ3n) is 3.53. The van der Waals surface area contributed by atoms with Crippen molar-refractivity contribution in [2.24, 2.45) is 11.7 Å². The molecule has 0 saturated carbocycles. The van der Waals surface area contributed by atoms with Crippen molar-refractivity contribution >= 4 is 17.8 Å². The van der Waals surface area contributed by atoms with Crippen molar-refractivity contribution in [2.45, 2.75) is 19.8 Å². The Labute approximate surface area is 138 Å². The fourth-order valence-electron chi connectivity index (χ4n) is 2.11. The number of esters is 1. The summed E-state index contributed by atoms with van der Waals surface area (Å²) in [5.41, 5.74) is 5.87. The van der Waals surface area contributed by atoms with E-state index in [4.69, 9.17) is 25.4 Å². The van der Waals surface area contributed by atoms with Crippen molar-refractivity contribution < 1.29 is 23.8 Å². The van der Waals surface area contributed by atoms with Crippen LogP contribution >= 0.6 is 0 Å². The van der Waals surface area contributed by atoms with Crippen LogP contribution in [-0.2, 0) is 11.2 Å². The number of ether oxygens (including phenoxy) is 1. The van der Waals surface area contributed by atoms with Crippen LogP contribution in [0.15, 0.2) is 40.8 Å². The molecule has 1 heterocycles. The first-order chi connectivity index (χ1) is 11.4. The number of nitrogens with one attached hydrogen (secondary N) is 1. The molecule has 0 saturated heterocycles. The van der Waals surface area contributed by atoms with Crippen molar-refractivity contribution in [1.29, 1.82) is 5.41 Å². The van der Waals surface area contributed by atoms with E-state index in [9.17, 15) is 9.59 Å². The second kappa shape index (κ2) is 7.45. The number of benzene rings is 1. The Bertz CT molecular complexity index is 749. The molecule has 0 unspecified atom stereocenters. The molecular formula is C17H18N2O5. The number of carboxylic acid groups (broad SMARTS) is 1. The summed E-state index contributed by atoms with van der Waals surface area (Å²) in [7, 11) is 0. The van der Waals surface area contributed by atoms with Crippen LogP contribution in [0.1, 0.15) is 35.2 Å². The lowest BCUT2D eigenvalue weighted by atomic mass is 10.0. The number of nitrogen functional groups attached to an aromatic ring is 1. The number of hydrogen-bond acceptors (Lipinski definition) is 5. The molecule has 0 bridgehead atoms. The summed E-state index contributed by atoms with van der Waals surface area (Å²) >= 11 is 0. The number of hydrogen-bond donors (Lipinski definition) is 3. The molecule has 24 heavy (non-hydrogen) atoms. The molecule has 0 aliphatic heterocycles. The highest BCUT2D eigenvalue weighted by atomic mass is 16.5. The van der Waals surface area contributed by atoms with Gasteiger partial charge in [0.2, 0.25) is 5.76 Å². The standard InChI is InChI=1S/C17H18N2O5/c1-2-10(16(20)21)9-13-7-8-14(23-13)17(22)24-12-5-3-11(4-6-12)15(18)19/h3-8,10H,2,9H2,1H3,(H3,18,19)(H,20,21)/t10-/m0/s1. The van der Waals surface area contributed by atoms with Gasteiger partial charge >= 0.3 is 11.9 Å². The van der Waals surface area contributed by atoms with Crippen LogP contribution in [0.2, 0.25) is 0 Å². The summed E-state index contributed by atoms with van der Waals surface area (Å²) in [6.45, 7) is 1.78. The zero-order valence-corrected chi connectivity index (χ0v) is 13.1. The monoisotopic (exact) mass is 330 g/mol. The Morgan fingerprint density at radius 2 is 1.92 bits per heavy atom. The normalized spacial score (nSPS) is 11.7. The lowest BCUT2D eigenvalue weighted by Gasteiger charge is -2.06. The molecule has 1 aromatic carbocycles. The number of carbonyl (C=O) groups is 2. The Morgan fingerprint density at radius 3 is 2.46 bits per heavy atom. The first-order valence-electron chi connectivity index (χ1n) is 7.38. The van der Waals surface area contributed by atoms with Crippen LogP contribution in [-0.4, -0.2) is 22.9 Å². The number of furan rings is 1. The summed E-state index contributed by atoms with van der Waals surface area (Å²) in [6, 6.07) is 9.21. The third kappa shape index (κ3) is 4.22. The van der Waals surface area contributed by atoms with Gasteiger partial charge in [-0.15, -0.1) is 0 Å². The second-order valence-corrected chi connectivity index (χ2v) is 5.24. The van der Waals surface area contributed by atoms with E-state index >= 15 is 0 Å². The summed E-state index contributed by atoms with van der Waals surface area (Å²) in [5, 5.41) is 16.3. The zero-order valence-electron chi connectivity index (χ0n) is 13.1. The molecule has 126 valence electrons. The predicted molar refractivity (Wildman–Crippen MR) is 86.2 cm³/mol. The van der Waals surface area contributed by atoms with E-state index in [1.165, 1.54) is 18.2 Å². The summed E-state index contributed by atoms with van der Waals surface area (Å²) in [5.74, 6) is -1.50. The summed E-state index contributed by atoms with van der Waals surface area (Å²) in [6.07, 6.45) is 0.685. The van der Waals surface area contributed by atoms with E-state index in [2.05, 4.69) is 0 Å². The maximum atomic E-state index is 12.0. The average molecular weight is 330 g/mol. The molecule has 0 fully saturated rings. The van der Waals surface area contributed by atoms with E-state index in [-0.39, 0.29) is 18.0 Å². The number of carbonyl (C=O) groups excluding carboxylic acids is 1. The molecule has 1 aromatic heterocycles. The van der Waals surface area contributed by atoms with Gasteiger partial charge in [0.05, 0.1) is 5.92 Å². The first kappa shape index (κ1) is 17.3. The van der Waals surface area contributed by atoms with Gasteiger partial charge in [0, 0.05) is 12.0 Å². The fraction of sp³-hybridized carbons (Fsp3) is 0.235. The Hall–Kier alpha value is -3.09. The maximum Gasteiger partial charge on any atom is 0.379 e. The van der Waals surface area contributed by atoms with Crippen LogP contribution in [0.25, 0.3) is 0 Å². The molecule has 0 amide bonds. The molecule has 2 aromatic rings. The van der Waals surface area contributed by atoms with Crippen molar-refractivity contribution in [3.63, 3.8) is 0 Å². The van der Waals surface area contributed by atoms with Gasteiger partial charge in [-0.3, -0.25) is 10.2 Å². The van der Waals surface area contributed by atoms with E-state index in [1.54, 1.807) is 25.1 Å². The van der Waals surface area contributed by atoms with Gasteiger partial charge in [-0.2, -0.15) is 0 Å². The molecule has 0 aliphatic carbocycles. The minimum absolute atomic E-state index is 0.000821. The molecule has 7 nitrogen and oxygen atoms in total. The SMILES string of the molecule is CC[C@@H](Cc1ccc(C(=O)Oc2ccc(C(=N)N)cc2)o1)C(=O)O. The van der Waals surface area contributed by atoms with Gasteiger partial charge in [0.1, 0.15) is 17.3 Å². The van der Waals surface area contributed by atoms with E-state index in [1.807, 2.05) is 0 Å². The predicted octanol–water partition coefficient (Wildman–Crippen LogP) is 2.44. The lowest BCUT2D eigenvalue weighted by molar-refractivity contribution is -0.141. The molecular weight excluding hydrogens is 312 g/mol. The van der Waals surface area contributed by atoms with E-state index in [0.717, 1.165) is 0 Å². The van der Waals surface area contributed by atoms with Crippen molar-refractivity contribution in [3.8, 4) is 5.75 Å². The Morgan fingerprint density at radius 1 is 1.25 bits per heavy atom. The molecule has 2 rings (SSSR count). The quantitative estimate of drug-likeness (QED) is 0.310. The fourth-order valence-corrected chi connectivity index (χ4v) is 2.11. The highest BCUT2D eigenvalue weighted by molar-refractivity contribution is 5.95. The van der Waals surface area contributed by atoms with Crippen molar-refractivity contribution in [3.05, 3.63) is 53.5 Å². The minimum atomic E-state index is -0.899. The number of amidine groups is 1. The van der Waals surface area contributed by atoms with Gasteiger partial charge < -0.3 is 20.0 Å². The molecule has 0 radical (unpaired) electrons. The minimum Gasteiger partial charge on any atom is -0.481 e. The Kier molecular flexibility index (Phi) is 5.36. The van der Waals surface area contributed by atoms with E-state index in [0.29, 0.717) is 23.5 Å². The molecule has 7 heteroatoms. The van der Waals surface area contributed by atoms with Crippen LogP contribution in [0.4, 0.5) is 0 Å². The van der Waals surface area contributed by atoms with Crippen molar-refractivity contribution in [2.75, 3.05) is 0 Å². The third-order valence-corrected chi connectivity index (χ3v) is 3.53. The van der Waals surface area contributed by atoms with Crippen LogP contribution in [0, 0.1) is 11.3 Å². The molecule has 0 aliphatic rings. The first-order valence-corrected chi connectivity index (χ1v) is 7.38.